The first-order valence-electron chi connectivity index (χ1n) is 11.4. The van der Waals surface area contributed by atoms with Gasteiger partial charge in [0.05, 0.1) is 11.6 Å². The van der Waals surface area contributed by atoms with E-state index in [1.165, 1.54) is 36.8 Å². The highest BCUT2D eigenvalue weighted by atomic mass is 35.5. The number of benzene rings is 2. The van der Waals surface area contributed by atoms with E-state index in [0.29, 0.717) is 15.7 Å². The minimum atomic E-state index is -0.127. The zero-order valence-electron chi connectivity index (χ0n) is 18.2. The first kappa shape index (κ1) is 21.5. The molecule has 2 aliphatic rings. The van der Waals surface area contributed by atoms with E-state index >= 15 is 0 Å². The van der Waals surface area contributed by atoms with Crippen LogP contribution in [0.4, 0.5) is 0 Å². The van der Waals surface area contributed by atoms with Crippen LogP contribution in [0.15, 0.2) is 42.5 Å². The van der Waals surface area contributed by atoms with Crippen molar-refractivity contribution in [3.05, 3.63) is 69.3 Å². The van der Waals surface area contributed by atoms with Crippen LogP contribution in [0.2, 0.25) is 10.0 Å². The molecule has 2 heterocycles. The highest BCUT2D eigenvalue weighted by Gasteiger charge is 2.25. The minimum absolute atomic E-state index is 0.127. The van der Waals surface area contributed by atoms with Crippen LogP contribution in [0.3, 0.4) is 0 Å². The first-order valence-corrected chi connectivity index (χ1v) is 12.1. The lowest BCUT2D eigenvalue weighted by Crippen LogP contribution is -2.36. The Morgan fingerprint density at radius 2 is 1.94 bits per heavy atom. The summed E-state index contributed by atoms with van der Waals surface area (Å²) in [6.07, 6.45) is 8.87. The predicted molar refractivity (Wildman–Crippen MR) is 131 cm³/mol. The van der Waals surface area contributed by atoms with Crippen molar-refractivity contribution in [3.8, 4) is 6.07 Å². The van der Waals surface area contributed by atoms with Gasteiger partial charge in [-0.2, -0.15) is 10.4 Å². The van der Waals surface area contributed by atoms with Gasteiger partial charge < -0.3 is 0 Å². The van der Waals surface area contributed by atoms with E-state index in [-0.39, 0.29) is 6.04 Å². The Bertz CT molecular complexity index is 1230. The number of nitriles is 1. The van der Waals surface area contributed by atoms with Gasteiger partial charge in [-0.15, -0.1) is 0 Å². The highest BCUT2D eigenvalue weighted by Crippen LogP contribution is 2.34. The molecule has 0 amide bonds. The largest absolute Gasteiger partial charge is 0.296 e. The SMILES string of the molecule is CC(c1ccc(Cl)cc1Cl)n1nc(C#N)c2ccc(C3=CCN(C4CCCC4)CC3)cc21. The second kappa shape index (κ2) is 8.90. The second-order valence-electron chi connectivity index (χ2n) is 8.89. The van der Waals surface area contributed by atoms with Gasteiger partial charge in [-0.05, 0) is 67.2 Å². The van der Waals surface area contributed by atoms with Crippen molar-refractivity contribution in [2.24, 2.45) is 0 Å². The number of fused-ring (bicyclic) bond motifs is 1. The van der Waals surface area contributed by atoms with Gasteiger partial charge in [0.1, 0.15) is 6.07 Å². The molecule has 3 aromatic rings. The molecule has 0 N–H and O–H groups in total. The van der Waals surface area contributed by atoms with Crippen LogP contribution in [-0.4, -0.2) is 33.8 Å². The number of aromatic nitrogens is 2. The van der Waals surface area contributed by atoms with Crippen molar-refractivity contribution in [2.75, 3.05) is 13.1 Å². The molecule has 1 unspecified atom stereocenters. The fourth-order valence-corrected chi connectivity index (χ4v) is 5.80. The van der Waals surface area contributed by atoms with E-state index < -0.39 is 0 Å². The average molecular weight is 465 g/mol. The molecule has 32 heavy (non-hydrogen) atoms. The Labute approximate surface area is 199 Å². The van der Waals surface area contributed by atoms with E-state index in [1.54, 1.807) is 6.07 Å². The molecule has 0 bridgehead atoms. The molecule has 5 rings (SSSR count). The van der Waals surface area contributed by atoms with Gasteiger partial charge in [0.25, 0.3) is 0 Å². The van der Waals surface area contributed by atoms with E-state index in [0.717, 1.165) is 42.0 Å². The third-order valence-corrected chi connectivity index (χ3v) is 7.61. The maximum Gasteiger partial charge on any atom is 0.170 e. The highest BCUT2D eigenvalue weighted by molar-refractivity contribution is 6.35. The third kappa shape index (κ3) is 3.94. The topological polar surface area (TPSA) is 44.9 Å². The minimum Gasteiger partial charge on any atom is -0.296 e. The van der Waals surface area contributed by atoms with E-state index in [1.807, 2.05) is 22.9 Å². The Morgan fingerprint density at radius 1 is 1.12 bits per heavy atom. The second-order valence-corrected chi connectivity index (χ2v) is 9.73. The van der Waals surface area contributed by atoms with Gasteiger partial charge in [-0.1, -0.05) is 54.3 Å². The molecule has 4 nitrogen and oxygen atoms in total. The maximum absolute atomic E-state index is 9.66. The van der Waals surface area contributed by atoms with Gasteiger partial charge in [0.2, 0.25) is 0 Å². The van der Waals surface area contributed by atoms with Crippen molar-refractivity contribution >= 4 is 39.7 Å². The summed E-state index contributed by atoms with van der Waals surface area (Å²) in [6, 6.07) is 14.8. The number of nitrogens with zero attached hydrogens (tertiary/aromatic N) is 4. The summed E-state index contributed by atoms with van der Waals surface area (Å²) in [7, 11) is 0. The van der Waals surface area contributed by atoms with Crippen LogP contribution in [0, 0.1) is 11.3 Å². The molecule has 1 saturated carbocycles. The molecule has 1 atom stereocenters. The van der Waals surface area contributed by atoms with E-state index in [2.05, 4.69) is 41.2 Å². The first-order chi connectivity index (χ1) is 15.5. The standard InChI is InChI=1S/C26H26Cl2N4/c1-17(22-9-7-20(27)15-24(22)28)32-26-14-19(6-8-23(26)25(16-29)30-32)18-10-12-31(13-11-18)21-4-2-3-5-21/h6-10,14-15,17,21H,2-5,11-13H2,1H3. The summed E-state index contributed by atoms with van der Waals surface area (Å²) in [5, 5.41) is 16.4. The Hall–Kier alpha value is -2.32. The fraction of sp³-hybridized carbons (Fsp3) is 0.385. The van der Waals surface area contributed by atoms with Gasteiger partial charge in [-0.25, -0.2) is 0 Å². The van der Waals surface area contributed by atoms with Crippen molar-refractivity contribution in [2.45, 2.75) is 51.1 Å². The molecule has 1 aliphatic heterocycles. The normalized spacial score (nSPS) is 18.6. The monoisotopic (exact) mass is 464 g/mol. The summed E-state index contributed by atoms with van der Waals surface area (Å²) in [5.41, 5.74) is 4.91. The lowest BCUT2D eigenvalue weighted by Gasteiger charge is -2.31. The van der Waals surface area contributed by atoms with Crippen LogP contribution < -0.4 is 0 Å². The molecule has 0 saturated heterocycles. The molecular formula is C26H26Cl2N4. The molecule has 0 spiro atoms. The number of rotatable bonds is 4. The molecule has 2 aromatic carbocycles. The van der Waals surface area contributed by atoms with Crippen LogP contribution in [0.5, 0.6) is 0 Å². The molecule has 1 aromatic heterocycles. The molecule has 1 fully saturated rings. The Balaban J connectivity index is 1.50. The summed E-state index contributed by atoms with van der Waals surface area (Å²) in [4.78, 5) is 2.64. The van der Waals surface area contributed by atoms with Crippen molar-refractivity contribution in [3.63, 3.8) is 0 Å². The Kier molecular flexibility index (Phi) is 5.99. The van der Waals surface area contributed by atoms with Crippen molar-refractivity contribution < 1.29 is 0 Å². The van der Waals surface area contributed by atoms with Gasteiger partial charge in [0, 0.05) is 34.6 Å². The summed E-state index contributed by atoms with van der Waals surface area (Å²) < 4.78 is 1.92. The molecule has 6 heteroatoms. The zero-order chi connectivity index (χ0) is 22.2. The number of halogens is 2. The van der Waals surface area contributed by atoms with E-state index in [4.69, 9.17) is 23.2 Å². The smallest absolute Gasteiger partial charge is 0.170 e. The van der Waals surface area contributed by atoms with Crippen LogP contribution >= 0.6 is 23.2 Å². The van der Waals surface area contributed by atoms with Gasteiger partial charge in [-0.3, -0.25) is 9.58 Å². The average Bonchev–Trinajstić information content (AvgIpc) is 3.47. The van der Waals surface area contributed by atoms with Gasteiger partial charge >= 0.3 is 0 Å². The quantitative estimate of drug-likeness (QED) is 0.423. The van der Waals surface area contributed by atoms with E-state index in [9.17, 15) is 5.26 Å². The lowest BCUT2D eigenvalue weighted by molar-refractivity contribution is 0.219. The molecular weight excluding hydrogens is 439 g/mol. The predicted octanol–water partition coefficient (Wildman–Crippen LogP) is 6.86. The van der Waals surface area contributed by atoms with Crippen LogP contribution in [-0.2, 0) is 0 Å². The van der Waals surface area contributed by atoms with Crippen molar-refractivity contribution in [1.29, 1.82) is 5.26 Å². The fourth-order valence-electron chi connectivity index (χ4n) is 5.23. The van der Waals surface area contributed by atoms with Crippen LogP contribution in [0.1, 0.15) is 61.9 Å². The molecule has 0 radical (unpaired) electrons. The number of hydrogen-bond donors (Lipinski definition) is 0. The van der Waals surface area contributed by atoms with Crippen LogP contribution in [0.25, 0.3) is 16.5 Å². The summed E-state index contributed by atoms with van der Waals surface area (Å²) in [5.74, 6) is 0. The Morgan fingerprint density at radius 3 is 2.62 bits per heavy atom. The third-order valence-electron chi connectivity index (χ3n) is 7.05. The maximum atomic E-state index is 9.66. The summed E-state index contributed by atoms with van der Waals surface area (Å²) in [6.45, 7) is 4.19. The molecule has 1 aliphatic carbocycles. The van der Waals surface area contributed by atoms with Gasteiger partial charge in [0.15, 0.2) is 5.69 Å². The molecule has 164 valence electrons. The zero-order valence-corrected chi connectivity index (χ0v) is 19.7. The lowest BCUT2D eigenvalue weighted by atomic mass is 9.97. The van der Waals surface area contributed by atoms with Crippen molar-refractivity contribution in [1.82, 2.24) is 14.7 Å². The summed E-state index contributed by atoms with van der Waals surface area (Å²) >= 11 is 12.6. The number of hydrogen-bond acceptors (Lipinski definition) is 3.